The highest BCUT2D eigenvalue weighted by molar-refractivity contribution is 5.81. The van der Waals surface area contributed by atoms with Crippen LogP contribution in [-0.4, -0.2) is 29.3 Å². The lowest BCUT2D eigenvalue weighted by Crippen LogP contribution is -2.10. The summed E-state index contributed by atoms with van der Waals surface area (Å²) in [6.45, 7) is 0.163. The van der Waals surface area contributed by atoms with Gasteiger partial charge in [-0.15, -0.1) is 0 Å². The zero-order chi connectivity index (χ0) is 8.97. The van der Waals surface area contributed by atoms with E-state index in [-0.39, 0.29) is 12.4 Å². The van der Waals surface area contributed by atoms with Gasteiger partial charge in [-0.05, 0) is 6.07 Å². The van der Waals surface area contributed by atoms with Gasteiger partial charge in [0.05, 0.1) is 12.1 Å². The summed E-state index contributed by atoms with van der Waals surface area (Å²) in [4.78, 5) is 11.0. The van der Waals surface area contributed by atoms with Crippen molar-refractivity contribution < 1.29 is 9.53 Å². The number of carbonyl (C=O) groups is 1. The molecule has 4 nitrogen and oxygen atoms in total. The van der Waals surface area contributed by atoms with Gasteiger partial charge in [0, 0.05) is 20.4 Å². The van der Waals surface area contributed by atoms with Gasteiger partial charge in [0.2, 0.25) is 0 Å². The molecule has 1 aromatic rings. The van der Waals surface area contributed by atoms with Crippen molar-refractivity contribution >= 4 is 5.78 Å². The van der Waals surface area contributed by atoms with E-state index in [4.69, 9.17) is 4.74 Å². The van der Waals surface area contributed by atoms with E-state index in [9.17, 15) is 4.79 Å². The smallest absolute Gasteiger partial charge is 0.164 e. The van der Waals surface area contributed by atoms with Crippen molar-refractivity contribution in [1.82, 2.24) is 9.78 Å². The molecule has 0 aliphatic rings. The molecular formula is C8H12N2O2. The Bertz CT molecular complexity index is 268. The first kappa shape index (κ1) is 8.93. The molecule has 0 fully saturated rings. The fourth-order valence-corrected chi connectivity index (χ4v) is 0.971. The maximum Gasteiger partial charge on any atom is 0.164 e. The Labute approximate surface area is 71.1 Å². The number of aryl methyl sites for hydroxylation is 1. The minimum Gasteiger partial charge on any atom is -0.377 e. The Morgan fingerprint density at radius 1 is 1.75 bits per heavy atom. The summed E-state index contributed by atoms with van der Waals surface area (Å²) in [5.41, 5.74) is 0.791. The van der Waals surface area contributed by atoms with E-state index in [0.717, 1.165) is 5.69 Å². The summed E-state index contributed by atoms with van der Waals surface area (Å²) >= 11 is 0. The average molecular weight is 168 g/mol. The van der Waals surface area contributed by atoms with Crippen molar-refractivity contribution in [3.05, 3.63) is 18.0 Å². The number of nitrogens with zero attached hydrogens (tertiary/aromatic N) is 2. The number of hydrogen-bond acceptors (Lipinski definition) is 3. The number of ketones is 1. The lowest BCUT2D eigenvalue weighted by Gasteiger charge is -1.95. The lowest BCUT2D eigenvalue weighted by molar-refractivity contribution is -0.122. The first-order valence-corrected chi connectivity index (χ1v) is 3.71. The van der Waals surface area contributed by atoms with E-state index in [1.54, 1.807) is 4.68 Å². The zero-order valence-corrected chi connectivity index (χ0v) is 7.28. The minimum atomic E-state index is 0.0520. The van der Waals surface area contributed by atoms with Crippen molar-refractivity contribution in [3.8, 4) is 0 Å². The fraction of sp³-hybridized carbons (Fsp3) is 0.500. The van der Waals surface area contributed by atoms with Crippen LogP contribution in [0.15, 0.2) is 12.3 Å². The standard InChI is InChI=1S/C8H12N2O2/c1-10-4-3-7(9-10)5-8(11)6-12-2/h3-4H,5-6H2,1-2H3. The van der Waals surface area contributed by atoms with Gasteiger partial charge in [0.15, 0.2) is 5.78 Å². The van der Waals surface area contributed by atoms with Gasteiger partial charge < -0.3 is 4.74 Å². The highest BCUT2D eigenvalue weighted by Gasteiger charge is 2.04. The van der Waals surface area contributed by atoms with Crippen LogP contribution in [0.5, 0.6) is 0 Å². The van der Waals surface area contributed by atoms with Crippen LogP contribution >= 0.6 is 0 Å². The first-order valence-electron chi connectivity index (χ1n) is 3.71. The molecule has 0 N–H and O–H groups in total. The molecule has 0 aliphatic heterocycles. The Morgan fingerprint density at radius 3 is 3.00 bits per heavy atom. The summed E-state index contributed by atoms with van der Waals surface area (Å²) in [5.74, 6) is 0.0520. The quantitative estimate of drug-likeness (QED) is 0.644. The molecule has 12 heavy (non-hydrogen) atoms. The fourth-order valence-electron chi connectivity index (χ4n) is 0.971. The van der Waals surface area contributed by atoms with Crippen LogP contribution in [-0.2, 0) is 23.0 Å². The highest BCUT2D eigenvalue weighted by atomic mass is 16.5. The third kappa shape index (κ3) is 2.47. The molecule has 0 atom stereocenters. The number of ether oxygens (including phenoxy) is 1. The second-order valence-corrected chi connectivity index (χ2v) is 2.63. The van der Waals surface area contributed by atoms with Crippen molar-refractivity contribution in [2.45, 2.75) is 6.42 Å². The Morgan fingerprint density at radius 2 is 2.50 bits per heavy atom. The number of carbonyl (C=O) groups excluding carboxylic acids is 1. The van der Waals surface area contributed by atoms with Gasteiger partial charge in [0.25, 0.3) is 0 Å². The number of Topliss-reactive ketones (excluding diaryl/α,β-unsaturated/α-hetero) is 1. The maximum absolute atomic E-state index is 11.0. The van der Waals surface area contributed by atoms with E-state index in [2.05, 4.69) is 5.10 Å². The van der Waals surface area contributed by atoms with Crippen molar-refractivity contribution in [1.29, 1.82) is 0 Å². The van der Waals surface area contributed by atoms with Gasteiger partial charge in [-0.25, -0.2) is 0 Å². The number of rotatable bonds is 4. The predicted octanol–water partition coefficient (Wildman–Crippen LogP) is 0.178. The maximum atomic E-state index is 11.0. The molecule has 4 heteroatoms. The molecule has 1 heterocycles. The van der Waals surface area contributed by atoms with E-state index in [0.29, 0.717) is 6.42 Å². The van der Waals surface area contributed by atoms with Crippen LogP contribution in [0, 0.1) is 0 Å². The largest absolute Gasteiger partial charge is 0.377 e. The van der Waals surface area contributed by atoms with Crippen LogP contribution in [0.25, 0.3) is 0 Å². The van der Waals surface area contributed by atoms with Gasteiger partial charge in [-0.1, -0.05) is 0 Å². The Balaban J connectivity index is 2.46. The van der Waals surface area contributed by atoms with Gasteiger partial charge >= 0.3 is 0 Å². The van der Waals surface area contributed by atoms with E-state index < -0.39 is 0 Å². The summed E-state index contributed by atoms with van der Waals surface area (Å²) in [7, 11) is 3.33. The van der Waals surface area contributed by atoms with Crippen LogP contribution in [0.2, 0.25) is 0 Å². The molecular weight excluding hydrogens is 156 g/mol. The summed E-state index contributed by atoms with van der Waals surface area (Å²) in [6, 6.07) is 1.83. The monoisotopic (exact) mass is 168 g/mol. The molecule has 0 aromatic carbocycles. The average Bonchev–Trinajstić information content (AvgIpc) is 2.36. The topological polar surface area (TPSA) is 44.1 Å². The van der Waals surface area contributed by atoms with Crippen LogP contribution in [0.3, 0.4) is 0 Å². The number of hydrogen-bond donors (Lipinski definition) is 0. The molecule has 0 saturated heterocycles. The normalized spacial score (nSPS) is 10.2. The van der Waals surface area contributed by atoms with Gasteiger partial charge in [0.1, 0.15) is 6.61 Å². The third-order valence-corrected chi connectivity index (χ3v) is 1.45. The number of methoxy groups -OCH3 is 1. The molecule has 0 spiro atoms. The Hall–Kier alpha value is -1.16. The summed E-state index contributed by atoms with van der Waals surface area (Å²) in [5, 5.41) is 4.07. The van der Waals surface area contributed by atoms with E-state index in [1.807, 2.05) is 19.3 Å². The van der Waals surface area contributed by atoms with E-state index in [1.165, 1.54) is 7.11 Å². The SMILES string of the molecule is COCC(=O)Cc1ccn(C)n1. The van der Waals surface area contributed by atoms with Gasteiger partial charge in [-0.2, -0.15) is 5.10 Å². The molecule has 0 amide bonds. The minimum absolute atomic E-state index is 0.0520. The molecule has 1 rings (SSSR count). The summed E-state index contributed by atoms with van der Waals surface area (Å²) in [6.07, 6.45) is 2.17. The van der Waals surface area contributed by atoms with Crippen LogP contribution in [0.4, 0.5) is 0 Å². The molecule has 0 bridgehead atoms. The zero-order valence-electron chi connectivity index (χ0n) is 7.28. The lowest BCUT2D eigenvalue weighted by atomic mass is 10.2. The molecule has 0 saturated carbocycles. The van der Waals surface area contributed by atoms with Crippen molar-refractivity contribution in [2.24, 2.45) is 7.05 Å². The predicted molar refractivity (Wildman–Crippen MR) is 43.8 cm³/mol. The molecule has 0 aliphatic carbocycles. The molecule has 1 aromatic heterocycles. The van der Waals surface area contributed by atoms with Crippen molar-refractivity contribution in [2.75, 3.05) is 13.7 Å². The van der Waals surface area contributed by atoms with Gasteiger partial charge in [-0.3, -0.25) is 9.48 Å². The number of aromatic nitrogens is 2. The molecule has 0 radical (unpaired) electrons. The second kappa shape index (κ2) is 4.01. The Kier molecular flexibility index (Phi) is 2.99. The van der Waals surface area contributed by atoms with E-state index >= 15 is 0 Å². The highest BCUT2D eigenvalue weighted by Crippen LogP contribution is 1.96. The summed E-state index contributed by atoms with van der Waals surface area (Å²) < 4.78 is 6.37. The second-order valence-electron chi connectivity index (χ2n) is 2.63. The molecule has 0 unspecified atom stereocenters. The third-order valence-electron chi connectivity index (χ3n) is 1.45. The first-order chi connectivity index (χ1) is 5.72. The molecule has 66 valence electrons. The van der Waals surface area contributed by atoms with Crippen LogP contribution in [0.1, 0.15) is 5.69 Å². The van der Waals surface area contributed by atoms with Crippen LogP contribution < -0.4 is 0 Å². The van der Waals surface area contributed by atoms with Crippen molar-refractivity contribution in [3.63, 3.8) is 0 Å².